The van der Waals surface area contributed by atoms with Crippen LogP contribution in [0.5, 0.6) is 0 Å². The average Bonchev–Trinajstić information content (AvgIpc) is 3.14. The second kappa shape index (κ2) is 5.74. The first-order valence-electron chi connectivity index (χ1n) is 7.40. The van der Waals surface area contributed by atoms with E-state index in [0.29, 0.717) is 6.54 Å². The van der Waals surface area contributed by atoms with Crippen molar-refractivity contribution in [2.75, 3.05) is 19.6 Å². The Balaban J connectivity index is 1.42. The van der Waals surface area contributed by atoms with Crippen LogP contribution in [0.2, 0.25) is 0 Å². The maximum atomic E-state index is 11.9. The highest BCUT2D eigenvalue weighted by molar-refractivity contribution is 5.78. The zero-order valence-corrected chi connectivity index (χ0v) is 11.4. The zero-order chi connectivity index (χ0) is 13.1. The molecule has 1 N–H and O–H groups in total. The Morgan fingerprint density at radius 1 is 1.16 bits per heavy atom. The number of hydrogen-bond acceptors (Lipinski definition) is 2. The van der Waals surface area contributed by atoms with Crippen LogP contribution in [0.4, 0.5) is 0 Å². The Labute approximate surface area is 115 Å². The molecule has 0 unspecified atom stereocenters. The van der Waals surface area contributed by atoms with E-state index < -0.39 is 0 Å². The van der Waals surface area contributed by atoms with Gasteiger partial charge in [-0.05, 0) is 42.7 Å². The number of hydrogen-bond donors (Lipinski definition) is 1. The molecular formula is C16H22N2O. The fourth-order valence-electron chi connectivity index (χ4n) is 2.72. The monoisotopic (exact) mass is 258 g/mol. The summed E-state index contributed by atoms with van der Waals surface area (Å²) in [6.45, 7) is 3.13. The van der Waals surface area contributed by atoms with E-state index in [4.69, 9.17) is 0 Å². The average molecular weight is 258 g/mol. The topological polar surface area (TPSA) is 32.3 Å². The molecule has 3 rings (SSSR count). The van der Waals surface area contributed by atoms with Gasteiger partial charge in [0.05, 0.1) is 6.54 Å². The molecule has 3 heteroatoms. The fourth-order valence-corrected chi connectivity index (χ4v) is 2.72. The van der Waals surface area contributed by atoms with Crippen LogP contribution in [0.3, 0.4) is 0 Å². The van der Waals surface area contributed by atoms with E-state index in [9.17, 15) is 4.79 Å². The van der Waals surface area contributed by atoms with Crippen LogP contribution in [0, 0.1) is 0 Å². The number of likely N-dealkylation sites (tertiary alicyclic amines) is 1. The third-order valence-electron chi connectivity index (χ3n) is 4.09. The predicted octanol–water partition coefficient (Wildman–Crippen LogP) is 2.28. The minimum atomic E-state index is 0.243. The summed E-state index contributed by atoms with van der Waals surface area (Å²) in [5.74, 6) is 1.06. The van der Waals surface area contributed by atoms with E-state index >= 15 is 0 Å². The van der Waals surface area contributed by atoms with Crippen molar-refractivity contribution < 1.29 is 4.79 Å². The maximum Gasteiger partial charge on any atom is 0.236 e. The lowest BCUT2D eigenvalue weighted by atomic mass is 10.1. The highest BCUT2D eigenvalue weighted by atomic mass is 16.2. The summed E-state index contributed by atoms with van der Waals surface area (Å²) >= 11 is 0. The molecule has 1 aliphatic carbocycles. The second-order valence-corrected chi connectivity index (χ2v) is 5.71. The van der Waals surface area contributed by atoms with E-state index in [2.05, 4.69) is 29.6 Å². The van der Waals surface area contributed by atoms with Crippen molar-refractivity contribution in [1.82, 2.24) is 10.2 Å². The number of carbonyl (C=O) groups is 1. The minimum Gasteiger partial charge on any atom is -0.342 e. The largest absolute Gasteiger partial charge is 0.342 e. The molecule has 0 bridgehead atoms. The van der Waals surface area contributed by atoms with Crippen LogP contribution >= 0.6 is 0 Å². The third-order valence-corrected chi connectivity index (χ3v) is 4.09. The van der Waals surface area contributed by atoms with Gasteiger partial charge in [-0.3, -0.25) is 4.79 Å². The molecule has 2 fully saturated rings. The standard InChI is InChI=1S/C16H22N2O/c19-16(18-9-1-2-10-18)12-17-11-13-3-5-14(6-4-13)15-7-8-15/h3-6,15,17H,1-2,7-12H2. The van der Waals surface area contributed by atoms with Crippen LogP contribution in [-0.2, 0) is 11.3 Å². The summed E-state index contributed by atoms with van der Waals surface area (Å²) in [5.41, 5.74) is 2.73. The van der Waals surface area contributed by atoms with Gasteiger partial charge in [0, 0.05) is 19.6 Å². The molecule has 102 valence electrons. The predicted molar refractivity (Wildman–Crippen MR) is 75.9 cm³/mol. The molecule has 1 aromatic carbocycles. The summed E-state index contributed by atoms with van der Waals surface area (Å²) in [6, 6.07) is 8.83. The molecule has 19 heavy (non-hydrogen) atoms. The molecule has 2 aliphatic rings. The molecule has 3 nitrogen and oxygen atoms in total. The van der Waals surface area contributed by atoms with Crippen LogP contribution in [0.25, 0.3) is 0 Å². The molecule has 1 saturated heterocycles. The van der Waals surface area contributed by atoms with Crippen molar-refractivity contribution in [1.29, 1.82) is 0 Å². The second-order valence-electron chi connectivity index (χ2n) is 5.71. The highest BCUT2D eigenvalue weighted by Crippen LogP contribution is 2.39. The Bertz CT molecular complexity index is 431. The van der Waals surface area contributed by atoms with Crippen molar-refractivity contribution in [3.05, 3.63) is 35.4 Å². The maximum absolute atomic E-state index is 11.9. The smallest absolute Gasteiger partial charge is 0.236 e. The fraction of sp³-hybridized carbons (Fsp3) is 0.562. The zero-order valence-electron chi connectivity index (χ0n) is 11.4. The van der Waals surface area contributed by atoms with Crippen molar-refractivity contribution in [2.45, 2.75) is 38.1 Å². The van der Waals surface area contributed by atoms with E-state index in [1.807, 2.05) is 4.90 Å². The Morgan fingerprint density at radius 3 is 2.47 bits per heavy atom. The number of rotatable bonds is 5. The first-order chi connectivity index (χ1) is 9.33. The van der Waals surface area contributed by atoms with E-state index in [1.54, 1.807) is 0 Å². The van der Waals surface area contributed by atoms with Crippen molar-refractivity contribution in [2.24, 2.45) is 0 Å². The lowest BCUT2D eigenvalue weighted by Crippen LogP contribution is -2.35. The first-order valence-corrected chi connectivity index (χ1v) is 7.40. The van der Waals surface area contributed by atoms with E-state index in [1.165, 1.54) is 24.0 Å². The van der Waals surface area contributed by atoms with Gasteiger partial charge in [-0.25, -0.2) is 0 Å². The van der Waals surface area contributed by atoms with Gasteiger partial charge < -0.3 is 10.2 Å². The molecule has 1 heterocycles. The van der Waals surface area contributed by atoms with Crippen LogP contribution < -0.4 is 5.32 Å². The number of benzene rings is 1. The lowest BCUT2D eigenvalue weighted by molar-refractivity contribution is -0.129. The summed E-state index contributed by atoms with van der Waals surface area (Å²) in [7, 11) is 0. The molecule has 1 aromatic rings. The van der Waals surface area contributed by atoms with E-state index in [-0.39, 0.29) is 5.91 Å². The van der Waals surface area contributed by atoms with Gasteiger partial charge in [-0.15, -0.1) is 0 Å². The van der Waals surface area contributed by atoms with Gasteiger partial charge in [0.2, 0.25) is 5.91 Å². The molecule has 1 amide bonds. The van der Waals surface area contributed by atoms with E-state index in [0.717, 1.165) is 38.4 Å². The van der Waals surface area contributed by atoms with Crippen LogP contribution in [0.15, 0.2) is 24.3 Å². The molecule has 0 radical (unpaired) electrons. The first kappa shape index (κ1) is 12.7. The van der Waals surface area contributed by atoms with Crippen LogP contribution in [0.1, 0.15) is 42.7 Å². The quantitative estimate of drug-likeness (QED) is 0.878. The van der Waals surface area contributed by atoms with Crippen molar-refractivity contribution >= 4 is 5.91 Å². The third kappa shape index (κ3) is 3.35. The van der Waals surface area contributed by atoms with Gasteiger partial charge in [0.1, 0.15) is 0 Å². The summed E-state index contributed by atoms with van der Waals surface area (Å²) in [5, 5.41) is 3.25. The normalized spacial score (nSPS) is 18.8. The number of carbonyl (C=O) groups excluding carboxylic acids is 1. The van der Waals surface area contributed by atoms with Gasteiger partial charge in [-0.1, -0.05) is 24.3 Å². The molecule has 0 atom stereocenters. The summed E-state index contributed by atoms with van der Waals surface area (Å²) in [4.78, 5) is 13.8. The molecule has 1 saturated carbocycles. The van der Waals surface area contributed by atoms with Gasteiger partial charge in [0.25, 0.3) is 0 Å². The lowest BCUT2D eigenvalue weighted by Gasteiger charge is -2.15. The van der Waals surface area contributed by atoms with Gasteiger partial charge in [-0.2, -0.15) is 0 Å². The van der Waals surface area contributed by atoms with Crippen molar-refractivity contribution in [3.8, 4) is 0 Å². The summed E-state index contributed by atoms with van der Waals surface area (Å²) < 4.78 is 0. The SMILES string of the molecule is O=C(CNCc1ccc(C2CC2)cc1)N1CCCC1. The summed E-state index contributed by atoms with van der Waals surface area (Å²) in [6.07, 6.45) is 5.02. The molecule has 0 spiro atoms. The number of nitrogens with one attached hydrogen (secondary N) is 1. The molecule has 0 aromatic heterocycles. The molecule has 1 aliphatic heterocycles. The molecular weight excluding hydrogens is 236 g/mol. The van der Waals surface area contributed by atoms with Gasteiger partial charge in [0.15, 0.2) is 0 Å². The number of amides is 1. The Hall–Kier alpha value is -1.35. The highest BCUT2D eigenvalue weighted by Gasteiger charge is 2.22. The number of nitrogens with zero attached hydrogens (tertiary/aromatic N) is 1. The Kier molecular flexibility index (Phi) is 3.83. The Morgan fingerprint density at radius 2 is 1.84 bits per heavy atom. The van der Waals surface area contributed by atoms with Crippen LogP contribution in [-0.4, -0.2) is 30.4 Å². The van der Waals surface area contributed by atoms with Crippen molar-refractivity contribution in [3.63, 3.8) is 0 Å². The van der Waals surface area contributed by atoms with Gasteiger partial charge >= 0.3 is 0 Å². The minimum absolute atomic E-state index is 0.243.